The highest BCUT2D eigenvalue weighted by molar-refractivity contribution is 7.11. The van der Waals surface area contributed by atoms with Crippen molar-refractivity contribution in [1.29, 1.82) is 0 Å². The Bertz CT molecular complexity index is 469. The van der Waals surface area contributed by atoms with Crippen LogP contribution >= 0.6 is 22.7 Å². The molecule has 2 aromatic rings. The van der Waals surface area contributed by atoms with Crippen LogP contribution in [0.2, 0.25) is 0 Å². The molecule has 0 amide bonds. The van der Waals surface area contributed by atoms with Gasteiger partial charge >= 0.3 is 0 Å². The Kier molecular flexibility index (Phi) is 4.48. The second-order valence-corrected chi connectivity index (χ2v) is 7.25. The van der Waals surface area contributed by atoms with Crippen LogP contribution < -0.4 is 5.32 Å². The van der Waals surface area contributed by atoms with Gasteiger partial charge in [-0.15, -0.1) is 21.5 Å². The van der Waals surface area contributed by atoms with Crippen molar-refractivity contribution in [3.63, 3.8) is 0 Å². The lowest BCUT2D eigenvalue weighted by atomic mass is 10.1. The summed E-state index contributed by atoms with van der Waals surface area (Å²) in [5.74, 6) is 0. The number of nitrogens with one attached hydrogen (secondary N) is 1. The summed E-state index contributed by atoms with van der Waals surface area (Å²) < 4.78 is 0. The Hall–Kier alpha value is -0.780. The van der Waals surface area contributed by atoms with Gasteiger partial charge in [-0.3, -0.25) is 0 Å². The molecule has 18 heavy (non-hydrogen) atoms. The molecule has 0 aliphatic carbocycles. The molecule has 0 spiro atoms. The van der Waals surface area contributed by atoms with Crippen LogP contribution in [0.4, 0.5) is 0 Å². The Morgan fingerprint density at radius 1 is 1.22 bits per heavy atom. The Balaban J connectivity index is 1.83. The minimum absolute atomic E-state index is 0.171. The number of hydrogen-bond acceptors (Lipinski definition) is 5. The molecule has 0 saturated heterocycles. The van der Waals surface area contributed by atoms with E-state index in [1.807, 2.05) is 0 Å². The molecule has 0 atom stereocenters. The minimum Gasteiger partial charge on any atom is -0.312 e. The monoisotopic (exact) mass is 281 g/mol. The van der Waals surface area contributed by atoms with E-state index in [0.29, 0.717) is 0 Å². The van der Waals surface area contributed by atoms with Crippen LogP contribution in [-0.2, 0) is 12.8 Å². The molecule has 2 rings (SSSR count). The second kappa shape index (κ2) is 5.91. The highest BCUT2D eigenvalue weighted by Crippen LogP contribution is 2.16. The first-order valence-corrected chi connectivity index (χ1v) is 7.86. The van der Waals surface area contributed by atoms with Crippen LogP contribution in [0, 0.1) is 0 Å². The largest absolute Gasteiger partial charge is 0.312 e. The van der Waals surface area contributed by atoms with Gasteiger partial charge in [0.25, 0.3) is 0 Å². The first-order valence-electron chi connectivity index (χ1n) is 6.10. The predicted molar refractivity (Wildman–Crippen MR) is 78.5 cm³/mol. The maximum atomic E-state index is 4.25. The first-order chi connectivity index (χ1) is 8.53. The van der Waals surface area contributed by atoms with E-state index in [2.05, 4.69) is 53.1 Å². The standard InChI is InChI=1S/C13H19N3S2/c1-13(2,3)14-6-4-11-15-16-12(18-11)8-10-5-7-17-9-10/h5,7,9,14H,4,6,8H2,1-3H3. The molecule has 0 aliphatic rings. The highest BCUT2D eigenvalue weighted by Gasteiger charge is 2.10. The van der Waals surface area contributed by atoms with Gasteiger partial charge in [-0.25, -0.2) is 0 Å². The molecule has 98 valence electrons. The molecule has 0 saturated carbocycles. The molecule has 0 unspecified atom stereocenters. The zero-order valence-corrected chi connectivity index (χ0v) is 12.7. The molecular weight excluding hydrogens is 262 g/mol. The third kappa shape index (κ3) is 4.48. The van der Waals surface area contributed by atoms with Gasteiger partial charge in [0.15, 0.2) is 0 Å². The van der Waals surface area contributed by atoms with Crippen molar-refractivity contribution in [2.45, 2.75) is 39.2 Å². The van der Waals surface area contributed by atoms with E-state index < -0.39 is 0 Å². The van der Waals surface area contributed by atoms with E-state index in [9.17, 15) is 0 Å². The van der Waals surface area contributed by atoms with Crippen molar-refractivity contribution in [2.75, 3.05) is 6.54 Å². The maximum Gasteiger partial charge on any atom is 0.121 e. The van der Waals surface area contributed by atoms with Gasteiger partial charge in [-0.05, 0) is 43.2 Å². The fourth-order valence-electron chi connectivity index (χ4n) is 1.57. The molecular formula is C13H19N3S2. The zero-order valence-electron chi connectivity index (χ0n) is 11.1. The molecule has 0 aliphatic heterocycles. The normalized spacial score (nSPS) is 11.9. The summed E-state index contributed by atoms with van der Waals surface area (Å²) >= 11 is 3.45. The van der Waals surface area contributed by atoms with E-state index >= 15 is 0 Å². The van der Waals surface area contributed by atoms with E-state index in [4.69, 9.17) is 0 Å². The Labute approximate surface area is 116 Å². The summed E-state index contributed by atoms with van der Waals surface area (Å²) in [6.07, 6.45) is 1.87. The number of nitrogens with zero attached hydrogens (tertiary/aromatic N) is 2. The third-order valence-electron chi connectivity index (χ3n) is 2.44. The molecule has 2 heterocycles. The van der Waals surface area contributed by atoms with Crippen molar-refractivity contribution in [1.82, 2.24) is 15.5 Å². The van der Waals surface area contributed by atoms with Crippen molar-refractivity contribution >= 4 is 22.7 Å². The topological polar surface area (TPSA) is 37.8 Å². The van der Waals surface area contributed by atoms with Crippen LogP contribution in [0.3, 0.4) is 0 Å². The lowest BCUT2D eigenvalue weighted by Crippen LogP contribution is -2.37. The fourth-order valence-corrected chi connectivity index (χ4v) is 3.12. The predicted octanol–water partition coefficient (Wildman–Crippen LogP) is 3.12. The maximum absolute atomic E-state index is 4.25. The molecule has 0 fully saturated rings. The van der Waals surface area contributed by atoms with Gasteiger partial charge in [0.2, 0.25) is 0 Å². The van der Waals surface area contributed by atoms with Crippen molar-refractivity contribution in [3.8, 4) is 0 Å². The van der Waals surface area contributed by atoms with Crippen LogP contribution in [0.25, 0.3) is 0 Å². The van der Waals surface area contributed by atoms with Crippen molar-refractivity contribution < 1.29 is 0 Å². The van der Waals surface area contributed by atoms with E-state index in [1.165, 1.54) is 5.56 Å². The fraction of sp³-hybridized carbons (Fsp3) is 0.538. The molecule has 5 heteroatoms. The average Bonchev–Trinajstić information content (AvgIpc) is 2.89. The van der Waals surface area contributed by atoms with Gasteiger partial charge in [-0.1, -0.05) is 0 Å². The number of thiophene rings is 1. The molecule has 0 aromatic carbocycles. The van der Waals surface area contributed by atoms with Gasteiger partial charge in [-0.2, -0.15) is 11.3 Å². The summed E-state index contributed by atoms with van der Waals surface area (Å²) in [6.45, 7) is 7.48. The van der Waals surface area contributed by atoms with Crippen LogP contribution in [0.15, 0.2) is 16.8 Å². The molecule has 2 aromatic heterocycles. The van der Waals surface area contributed by atoms with Gasteiger partial charge in [0.1, 0.15) is 10.0 Å². The molecule has 3 nitrogen and oxygen atoms in total. The number of rotatable bonds is 5. The number of hydrogen-bond donors (Lipinski definition) is 1. The quantitative estimate of drug-likeness (QED) is 0.915. The van der Waals surface area contributed by atoms with Crippen LogP contribution in [0.5, 0.6) is 0 Å². The lowest BCUT2D eigenvalue weighted by molar-refractivity contribution is 0.429. The van der Waals surface area contributed by atoms with Crippen LogP contribution in [0.1, 0.15) is 36.3 Å². The first kappa shape index (κ1) is 13.6. The van der Waals surface area contributed by atoms with E-state index in [1.54, 1.807) is 22.7 Å². The zero-order chi connectivity index (χ0) is 13.0. The summed E-state index contributed by atoms with van der Waals surface area (Å²) in [7, 11) is 0. The second-order valence-electron chi connectivity index (χ2n) is 5.32. The van der Waals surface area contributed by atoms with E-state index in [0.717, 1.165) is 29.4 Å². The Morgan fingerprint density at radius 2 is 2.00 bits per heavy atom. The lowest BCUT2D eigenvalue weighted by Gasteiger charge is -2.19. The van der Waals surface area contributed by atoms with Crippen molar-refractivity contribution in [2.24, 2.45) is 0 Å². The summed E-state index contributed by atoms with van der Waals surface area (Å²) in [5.41, 5.74) is 1.50. The molecule has 1 N–H and O–H groups in total. The van der Waals surface area contributed by atoms with Gasteiger partial charge in [0, 0.05) is 24.9 Å². The molecule has 0 bridgehead atoms. The SMILES string of the molecule is CC(C)(C)NCCc1nnc(Cc2ccsc2)s1. The van der Waals surface area contributed by atoms with Gasteiger partial charge < -0.3 is 5.32 Å². The smallest absolute Gasteiger partial charge is 0.121 e. The summed E-state index contributed by atoms with van der Waals surface area (Å²) in [4.78, 5) is 0. The molecule has 0 radical (unpaired) electrons. The highest BCUT2D eigenvalue weighted by atomic mass is 32.1. The summed E-state index contributed by atoms with van der Waals surface area (Å²) in [5, 5.41) is 18.5. The summed E-state index contributed by atoms with van der Waals surface area (Å²) in [6, 6.07) is 2.15. The van der Waals surface area contributed by atoms with Gasteiger partial charge in [0.05, 0.1) is 0 Å². The number of aromatic nitrogens is 2. The Morgan fingerprint density at radius 3 is 2.67 bits per heavy atom. The minimum atomic E-state index is 0.171. The average molecular weight is 281 g/mol. The van der Waals surface area contributed by atoms with Crippen molar-refractivity contribution in [3.05, 3.63) is 32.4 Å². The third-order valence-corrected chi connectivity index (χ3v) is 4.15. The van der Waals surface area contributed by atoms with E-state index in [-0.39, 0.29) is 5.54 Å². The van der Waals surface area contributed by atoms with Crippen LogP contribution in [-0.4, -0.2) is 22.3 Å².